The van der Waals surface area contributed by atoms with Crippen molar-refractivity contribution in [2.45, 2.75) is 11.8 Å². The Morgan fingerprint density at radius 2 is 2.21 bits per heavy atom. The van der Waals surface area contributed by atoms with Crippen molar-refractivity contribution >= 4 is 31.9 Å². The maximum Gasteiger partial charge on any atom is 0.265 e. The van der Waals surface area contributed by atoms with Crippen molar-refractivity contribution in [2.24, 2.45) is 0 Å². The van der Waals surface area contributed by atoms with Crippen molar-refractivity contribution in [2.75, 3.05) is 0 Å². The van der Waals surface area contributed by atoms with Crippen molar-refractivity contribution < 1.29 is 8.78 Å². The third-order valence-corrected chi connectivity index (χ3v) is 2.71. The van der Waals surface area contributed by atoms with Crippen LogP contribution in [0.5, 0.6) is 0 Å². The molecule has 2 nitrogen and oxygen atoms in total. The van der Waals surface area contributed by atoms with Crippen molar-refractivity contribution in [3.63, 3.8) is 0 Å². The lowest BCUT2D eigenvalue weighted by molar-refractivity contribution is 0.150. The molecule has 0 saturated heterocycles. The van der Waals surface area contributed by atoms with E-state index in [1.165, 1.54) is 0 Å². The van der Waals surface area contributed by atoms with Gasteiger partial charge in [-0.1, -0.05) is 15.9 Å². The third kappa shape index (κ3) is 2.28. The number of nitriles is 1. The molecule has 0 unspecified atom stereocenters. The summed E-state index contributed by atoms with van der Waals surface area (Å²) in [6.07, 6.45) is -2.62. The lowest BCUT2D eigenvalue weighted by atomic mass is 10.1. The van der Waals surface area contributed by atoms with Crippen LogP contribution in [-0.2, 0) is 5.33 Å². The topological polar surface area (TPSA) is 36.7 Å². The smallest absolute Gasteiger partial charge is 0.243 e. The Hall–Kier alpha value is -0.540. The number of pyridine rings is 1. The van der Waals surface area contributed by atoms with Gasteiger partial charge >= 0.3 is 0 Å². The van der Waals surface area contributed by atoms with Gasteiger partial charge in [0.15, 0.2) is 0 Å². The standard InChI is InChI=1S/C8H4Br2F2N2/c9-2-6-5(8(11)12)1-4(3-13)7(10)14-6/h1,8H,2H2. The zero-order valence-corrected chi connectivity index (χ0v) is 9.94. The average molecular weight is 326 g/mol. The van der Waals surface area contributed by atoms with E-state index in [2.05, 4.69) is 36.8 Å². The van der Waals surface area contributed by atoms with Crippen LogP contribution in [0.25, 0.3) is 0 Å². The minimum absolute atomic E-state index is 0.116. The lowest BCUT2D eigenvalue weighted by Crippen LogP contribution is -1.98. The molecule has 74 valence electrons. The zero-order valence-electron chi connectivity index (χ0n) is 6.77. The first-order valence-electron chi connectivity index (χ1n) is 3.53. The van der Waals surface area contributed by atoms with Crippen LogP contribution in [0.15, 0.2) is 10.7 Å². The van der Waals surface area contributed by atoms with E-state index < -0.39 is 6.43 Å². The van der Waals surface area contributed by atoms with Gasteiger partial charge in [0.05, 0.1) is 11.3 Å². The lowest BCUT2D eigenvalue weighted by Gasteiger charge is -2.06. The highest BCUT2D eigenvalue weighted by molar-refractivity contribution is 9.10. The van der Waals surface area contributed by atoms with Gasteiger partial charge in [0.25, 0.3) is 6.43 Å². The number of nitrogens with zero attached hydrogens (tertiary/aromatic N) is 2. The van der Waals surface area contributed by atoms with Crippen molar-refractivity contribution in [1.29, 1.82) is 5.26 Å². The zero-order chi connectivity index (χ0) is 10.7. The summed E-state index contributed by atoms with van der Waals surface area (Å²) in [6, 6.07) is 2.93. The summed E-state index contributed by atoms with van der Waals surface area (Å²) in [4.78, 5) is 3.85. The van der Waals surface area contributed by atoms with Gasteiger partial charge in [-0.05, 0) is 22.0 Å². The first-order chi connectivity index (χ1) is 6.60. The molecule has 0 bridgehead atoms. The van der Waals surface area contributed by atoms with Crippen LogP contribution in [0.4, 0.5) is 8.78 Å². The SMILES string of the molecule is N#Cc1cc(C(F)F)c(CBr)nc1Br. The van der Waals surface area contributed by atoms with Gasteiger partial charge in [-0.2, -0.15) is 5.26 Å². The highest BCUT2D eigenvalue weighted by Gasteiger charge is 2.16. The van der Waals surface area contributed by atoms with E-state index in [-0.39, 0.29) is 22.2 Å². The molecule has 0 aliphatic carbocycles. The highest BCUT2D eigenvalue weighted by Crippen LogP contribution is 2.27. The van der Waals surface area contributed by atoms with Crippen LogP contribution < -0.4 is 0 Å². The van der Waals surface area contributed by atoms with Crippen molar-refractivity contribution in [3.05, 3.63) is 27.5 Å². The molecule has 6 heteroatoms. The van der Waals surface area contributed by atoms with Gasteiger partial charge in [-0.3, -0.25) is 0 Å². The molecule has 0 amide bonds. The Kier molecular flexibility index (Phi) is 3.96. The van der Waals surface area contributed by atoms with E-state index in [1.807, 2.05) is 0 Å². The first-order valence-corrected chi connectivity index (χ1v) is 5.45. The number of aromatic nitrogens is 1. The quantitative estimate of drug-likeness (QED) is 0.616. The average Bonchev–Trinajstić information content (AvgIpc) is 2.16. The third-order valence-electron chi connectivity index (χ3n) is 1.57. The fraction of sp³-hybridized carbons (Fsp3) is 0.250. The summed E-state index contributed by atoms with van der Waals surface area (Å²) in [7, 11) is 0. The van der Waals surface area contributed by atoms with Gasteiger partial charge in [-0.25, -0.2) is 13.8 Å². The number of halogens is 4. The molecule has 0 spiro atoms. The van der Waals surface area contributed by atoms with Crippen LogP contribution in [0.3, 0.4) is 0 Å². The van der Waals surface area contributed by atoms with E-state index in [0.717, 1.165) is 6.07 Å². The molecule has 0 aliphatic rings. The van der Waals surface area contributed by atoms with Crippen molar-refractivity contribution in [1.82, 2.24) is 4.98 Å². The fourth-order valence-electron chi connectivity index (χ4n) is 0.916. The summed E-state index contributed by atoms with van der Waals surface area (Å²) in [5, 5.41) is 8.84. The molecule has 0 N–H and O–H groups in total. The van der Waals surface area contributed by atoms with Gasteiger partial charge < -0.3 is 0 Å². The number of rotatable bonds is 2. The monoisotopic (exact) mass is 324 g/mol. The Morgan fingerprint density at radius 3 is 2.64 bits per heavy atom. The Bertz CT molecular complexity index is 388. The second-order valence-electron chi connectivity index (χ2n) is 2.41. The largest absolute Gasteiger partial charge is 0.265 e. The summed E-state index contributed by atoms with van der Waals surface area (Å²) in [5.74, 6) is 0. The second kappa shape index (κ2) is 4.80. The normalized spacial score (nSPS) is 10.3. The van der Waals surface area contributed by atoms with Gasteiger partial charge in [0, 0.05) is 10.9 Å². The molecule has 1 heterocycles. The van der Waals surface area contributed by atoms with Crippen LogP contribution >= 0.6 is 31.9 Å². The highest BCUT2D eigenvalue weighted by atomic mass is 79.9. The molecule has 0 radical (unpaired) electrons. The molecular weight excluding hydrogens is 322 g/mol. The minimum atomic E-state index is -2.62. The number of hydrogen-bond acceptors (Lipinski definition) is 2. The van der Waals surface area contributed by atoms with Crippen LogP contribution in [-0.4, -0.2) is 4.98 Å². The molecule has 0 saturated carbocycles. The second-order valence-corrected chi connectivity index (χ2v) is 3.72. The molecule has 1 rings (SSSR count). The summed E-state index contributed by atoms with van der Waals surface area (Å²) in [6.45, 7) is 0. The summed E-state index contributed by atoms with van der Waals surface area (Å²) < 4.78 is 25.2. The van der Waals surface area contributed by atoms with E-state index >= 15 is 0 Å². The molecule has 0 aromatic carbocycles. The Morgan fingerprint density at radius 1 is 1.57 bits per heavy atom. The van der Waals surface area contributed by atoms with E-state index in [0.29, 0.717) is 4.60 Å². The van der Waals surface area contributed by atoms with Crippen molar-refractivity contribution in [3.8, 4) is 6.07 Å². The van der Waals surface area contributed by atoms with Gasteiger partial charge in [0.2, 0.25) is 0 Å². The number of hydrogen-bond donors (Lipinski definition) is 0. The predicted octanol–water partition coefficient (Wildman–Crippen LogP) is 3.55. The Labute approximate surface area is 96.2 Å². The van der Waals surface area contributed by atoms with Crippen LogP contribution in [0.2, 0.25) is 0 Å². The first kappa shape index (κ1) is 11.5. The van der Waals surface area contributed by atoms with Gasteiger partial charge in [0.1, 0.15) is 10.7 Å². The molecule has 14 heavy (non-hydrogen) atoms. The van der Waals surface area contributed by atoms with Crippen LogP contribution in [0, 0.1) is 11.3 Å². The summed E-state index contributed by atoms with van der Waals surface area (Å²) >= 11 is 6.09. The molecule has 1 aromatic rings. The summed E-state index contributed by atoms with van der Waals surface area (Å²) in [5.41, 5.74) is 0.150. The predicted molar refractivity (Wildman–Crippen MR) is 54.2 cm³/mol. The Balaban J connectivity index is 3.34. The minimum Gasteiger partial charge on any atom is -0.243 e. The van der Waals surface area contributed by atoms with Crippen LogP contribution in [0.1, 0.15) is 23.2 Å². The van der Waals surface area contributed by atoms with E-state index in [4.69, 9.17) is 5.26 Å². The molecule has 1 aromatic heterocycles. The van der Waals surface area contributed by atoms with E-state index in [9.17, 15) is 8.78 Å². The maximum atomic E-state index is 12.5. The number of alkyl halides is 3. The fourth-order valence-corrected chi connectivity index (χ4v) is 1.78. The van der Waals surface area contributed by atoms with E-state index in [1.54, 1.807) is 6.07 Å². The molecule has 0 aliphatic heterocycles. The molecule has 0 atom stereocenters. The van der Waals surface area contributed by atoms with Gasteiger partial charge in [-0.15, -0.1) is 0 Å². The maximum absolute atomic E-state index is 12.5. The molecular formula is C8H4Br2F2N2. The molecule has 0 fully saturated rings.